The van der Waals surface area contributed by atoms with Crippen molar-refractivity contribution in [1.82, 2.24) is 0 Å². The van der Waals surface area contributed by atoms with E-state index >= 15 is 0 Å². The molecule has 0 radical (unpaired) electrons. The monoisotopic (exact) mass is 288 g/mol. The van der Waals surface area contributed by atoms with Crippen LogP contribution in [0.1, 0.15) is 37.1 Å². The highest BCUT2D eigenvalue weighted by molar-refractivity contribution is 9.09. The first-order chi connectivity index (χ1) is 7.63. The molecule has 0 aliphatic carbocycles. The molecule has 1 unspecified atom stereocenters. The van der Waals surface area contributed by atoms with Crippen LogP contribution in [0.5, 0.6) is 5.75 Å². The minimum atomic E-state index is -0.296. The van der Waals surface area contributed by atoms with Gasteiger partial charge in [0.1, 0.15) is 0 Å². The van der Waals surface area contributed by atoms with Gasteiger partial charge in [-0.3, -0.25) is 0 Å². The summed E-state index contributed by atoms with van der Waals surface area (Å²) < 4.78 is 18.4. The molecule has 1 nitrogen and oxygen atoms in total. The number of hydrogen-bond acceptors (Lipinski definition) is 1. The summed E-state index contributed by atoms with van der Waals surface area (Å²) in [6.07, 6.45) is 2.17. The minimum absolute atomic E-state index is 0.211. The van der Waals surface area contributed by atoms with Gasteiger partial charge in [0, 0.05) is 4.83 Å². The maximum absolute atomic E-state index is 13.5. The molecule has 1 atom stereocenters. The molecule has 0 aliphatic rings. The molecule has 0 N–H and O–H groups in total. The fourth-order valence-electron chi connectivity index (χ4n) is 1.83. The standard InChI is InChI=1S/C13H18BrFO/c1-4-9(5-2)13(14)10-6-7-12(16-3)11(15)8-10/h6-9,13H,4-5H2,1-3H3. The number of ether oxygens (including phenoxy) is 1. The Kier molecular flexibility index (Phi) is 5.26. The SMILES string of the molecule is CCC(CC)C(Br)c1ccc(OC)c(F)c1. The highest BCUT2D eigenvalue weighted by Gasteiger charge is 2.18. The fourth-order valence-corrected chi connectivity index (χ4v) is 2.86. The summed E-state index contributed by atoms with van der Waals surface area (Å²) in [5, 5.41) is 0. The molecule has 16 heavy (non-hydrogen) atoms. The van der Waals surface area contributed by atoms with Crippen LogP contribution in [0.3, 0.4) is 0 Å². The first-order valence-electron chi connectivity index (χ1n) is 5.61. The van der Waals surface area contributed by atoms with Crippen molar-refractivity contribution < 1.29 is 9.13 Å². The van der Waals surface area contributed by atoms with Crippen LogP contribution in [-0.4, -0.2) is 7.11 Å². The number of alkyl halides is 1. The molecule has 0 saturated carbocycles. The number of benzene rings is 1. The van der Waals surface area contributed by atoms with Crippen LogP contribution >= 0.6 is 15.9 Å². The number of methoxy groups -OCH3 is 1. The van der Waals surface area contributed by atoms with Crippen LogP contribution < -0.4 is 4.74 Å². The van der Waals surface area contributed by atoms with Crippen molar-refractivity contribution >= 4 is 15.9 Å². The normalized spacial score (nSPS) is 12.9. The zero-order chi connectivity index (χ0) is 12.1. The molecule has 90 valence electrons. The van der Waals surface area contributed by atoms with Gasteiger partial charge in [-0.2, -0.15) is 0 Å². The summed E-state index contributed by atoms with van der Waals surface area (Å²) >= 11 is 3.65. The average Bonchev–Trinajstić information content (AvgIpc) is 2.30. The lowest BCUT2D eigenvalue weighted by Gasteiger charge is -2.20. The van der Waals surface area contributed by atoms with Gasteiger partial charge in [-0.15, -0.1) is 0 Å². The van der Waals surface area contributed by atoms with Crippen LogP contribution in [0, 0.1) is 11.7 Å². The molecule has 0 saturated heterocycles. The molecule has 1 aromatic rings. The Morgan fingerprint density at radius 2 is 1.94 bits per heavy atom. The van der Waals surface area contributed by atoms with E-state index in [1.54, 1.807) is 12.1 Å². The largest absolute Gasteiger partial charge is 0.494 e. The summed E-state index contributed by atoms with van der Waals surface area (Å²) in [4.78, 5) is 0.211. The van der Waals surface area contributed by atoms with Crippen molar-refractivity contribution in [1.29, 1.82) is 0 Å². The fraction of sp³-hybridized carbons (Fsp3) is 0.538. The summed E-state index contributed by atoms with van der Waals surface area (Å²) in [5.41, 5.74) is 0.979. The minimum Gasteiger partial charge on any atom is -0.494 e. The van der Waals surface area contributed by atoms with Crippen LogP contribution in [0.4, 0.5) is 4.39 Å². The highest BCUT2D eigenvalue weighted by Crippen LogP contribution is 2.36. The number of rotatable bonds is 5. The van der Waals surface area contributed by atoms with Gasteiger partial charge in [-0.25, -0.2) is 4.39 Å². The molecule has 0 heterocycles. The van der Waals surface area contributed by atoms with Crippen LogP contribution in [-0.2, 0) is 0 Å². The van der Waals surface area contributed by atoms with E-state index in [2.05, 4.69) is 29.8 Å². The third-order valence-electron chi connectivity index (χ3n) is 2.96. The maximum Gasteiger partial charge on any atom is 0.165 e. The quantitative estimate of drug-likeness (QED) is 0.713. The molecule has 0 spiro atoms. The second-order valence-corrected chi connectivity index (χ2v) is 4.86. The molecule has 0 fully saturated rings. The van der Waals surface area contributed by atoms with E-state index in [0.717, 1.165) is 18.4 Å². The second kappa shape index (κ2) is 6.24. The van der Waals surface area contributed by atoms with E-state index in [1.165, 1.54) is 7.11 Å². The van der Waals surface area contributed by atoms with Gasteiger partial charge in [-0.05, 0) is 23.6 Å². The van der Waals surface area contributed by atoms with E-state index in [-0.39, 0.29) is 10.6 Å². The predicted molar refractivity (Wildman–Crippen MR) is 68.7 cm³/mol. The molecule has 1 rings (SSSR count). The first kappa shape index (κ1) is 13.5. The van der Waals surface area contributed by atoms with E-state index in [1.807, 2.05) is 6.07 Å². The topological polar surface area (TPSA) is 9.23 Å². The molecule has 1 aromatic carbocycles. The zero-order valence-electron chi connectivity index (χ0n) is 9.97. The predicted octanol–water partition coefficient (Wildman–Crippen LogP) is 4.71. The van der Waals surface area contributed by atoms with Gasteiger partial charge in [0.2, 0.25) is 0 Å². The van der Waals surface area contributed by atoms with Crippen LogP contribution in [0.25, 0.3) is 0 Å². The number of halogens is 2. The Morgan fingerprint density at radius 3 is 2.38 bits per heavy atom. The average molecular weight is 289 g/mol. The smallest absolute Gasteiger partial charge is 0.165 e. The van der Waals surface area contributed by atoms with Crippen molar-refractivity contribution in [2.45, 2.75) is 31.5 Å². The van der Waals surface area contributed by atoms with Crippen molar-refractivity contribution in [3.63, 3.8) is 0 Å². The Hall–Kier alpha value is -0.570. The Balaban J connectivity index is 2.91. The molecule has 0 amide bonds. The molecular formula is C13H18BrFO. The van der Waals surface area contributed by atoms with Crippen molar-refractivity contribution in [3.05, 3.63) is 29.6 Å². The van der Waals surface area contributed by atoms with E-state index in [9.17, 15) is 4.39 Å². The van der Waals surface area contributed by atoms with Gasteiger partial charge in [0.25, 0.3) is 0 Å². The van der Waals surface area contributed by atoms with Crippen LogP contribution in [0.2, 0.25) is 0 Å². The van der Waals surface area contributed by atoms with E-state index in [4.69, 9.17) is 4.74 Å². The molecular weight excluding hydrogens is 271 g/mol. The van der Waals surface area contributed by atoms with Gasteiger partial charge in [0.15, 0.2) is 11.6 Å². The van der Waals surface area contributed by atoms with Gasteiger partial charge >= 0.3 is 0 Å². The maximum atomic E-state index is 13.5. The van der Waals surface area contributed by atoms with Crippen LogP contribution in [0.15, 0.2) is 18.2 Å². The van der Waals surface area contributed by atoms with Crippen molar-refractivity contribution in [2.24, 2.45) is 5.92 Å². The lowest BCUT2D eigenvalue weighted by Crippen LogP contribution is -2.06. The Morgan fingerprint density at radius 1 is 1.31 bits per heavy atom. The van der Waals surface area contributed by atoms with E-state index < -0.39 is 0 Å². The lowest BCUT2D eigenvalue weighted by atomic mass is 9.94. The second-order valence-electron chi connectivity index (χ2n) is 3.87. The van der Waals surface area contributed by atoms with Crippen molar-refractivity contribution in [3.8, 4) is 5.75 Å². The Bertz CT molecular complexity index is 337. The third kappa shape index (κ3) is 2.97. The summed E-state index contributed by atoms with van der Waals surface area (Å²) in [6, 6.07) is 5.15. The summed E-state index contributed by atoms with van der Waals surface area (Å²) in [5.74, 6) is 0.538. The van der Waals surface area contributed by atoms with E-state index in [0.29, 0.717) is 11.7 Å². The lowest BCUT2D eigenvalue weighted by molar-refractivity contribution is 0.385. The summed E-state index contributed by atoms with van der Waals surface area (Å²) in [6.45, 7) is 4.31. The molecule has 0 aromatic heterocycles. The van der Waals surface area contributed by atoms with Gasteiger partial charge < -0.3 is 4.74 Å². The summed E-state index contributed by atoms with van der Waals surface area (Å²) in [7, 11) is 1.48. The highest BCUT2D eigenvalue weighted by atomic mass is 79.9. The third-order valence-corrected chi connectivity index (χ3v) is 4.23. The molecule has 3 heteroatoms. The van der Waals surface area contributed by atoms with Gasteiger partial charge in [0.05, 0.1) is 7.11 Å². The number of hydrogen-bond donors (Lipinski definition) is 0. The van der Waals surface area contributed by atoms with Crippen molar-refractivity contribution in [2.75, 3.05) is 7.11 Å². The molecule has 0 bridgehead atoms. The first-order valence-corrected chi connectivity index (χ1v) is 6.53. The zero-order valence-corrected chi connectivity index (χ0v) is 11.6. The Labute approximate surface area is 105 Å². The van der Waals surface area contributed by atoms with Gasteiger partial charge in [-0.1, -0.05) is 48.7 Å². The molecule has 0 aliphatic heterocycles.